The van der Waals surface area contributed by atoms with Crippen LogP contribution in [0.5, 0.6) is 0 Å². The van der Waals surface area contributed by atoms with Crippen molar-refractivity contribution in [1.82, 2.24) is 9.97 Å². The van der Waals surface area contributed by atoms with Crippen LogP contribution in [0.1, 0.15) is 30.6 Å². The monoisotopic (exact) mass is 227 g/mol. The van der Waals surface area contributed by atoms with E-state index in [9.17, 15) is 0 Å². The number of aryl methyl sites for hydroxylation is 1. The van der Waals surface area contributed by atoms with Gasteiger partial charge < -0.3 is 5.32 Å². The lowest BCUT2D eigenvalue weighted by molar-refractivity contribution is 0.742. The average molecular weight is 227 g/mol. The number of hydrogen-bond donors (Lipinski definition) is 1. The molecule has 0 saturated heterocycles. The van der Waals surface area contributed by atoms with Crippen LogP contribution in [0.25, 0.3) is 0 Å². The van der Waals surface area contributed by atoms with Gasteiger partial charge in [0.25, 0.3) is 0 Å². The van der Waals surface area contributed by atoms with Crippen molar-refractivity contribution in [1.29, 1.82) is 0 Å². The Balaban J connectivity index is 2.16. The van der Waals surface area contributed by atoms with Crippen LogP contribution in [0, 0.1) is 6.92 Å². The van der Waals surface area contributed by atoms with Gasteiger partial charge in [0.2, 0.25) is 0 Å². The van der Waals surface area contributed by atoms with Gasteiger partial charge in [0, 0.05) is 18.1 Å². The molecule has 0 amide bonds. The fourth-order valence-corrected chi connectivity index (χ4v) is 1.82. The lowest BCUT2D eigenvalue weighted by Crippen LogP contribution is -2.10. The van der Waals surface area contributed by atoms with Gasteiger partial charge in [-0.25, -0.2) is 4.98 Å². The van der Waals surface area contributed by atoms with E-state index in [2.05, 4.69) is 22.2 Å². The number of nitrogens with one attached hydrogen (secondary N) is 1. The highest BCUT2D eigenvalue weighted by atomic mass is 15.0. The minimum absolute atomic E-state index is 0.285. The third-order valence-electron chi connectivity index (χ3n) is 2.73. The molecule has 17 heavy (non-hydrogen) atoms. The van der Waals surface area contributed by atoms with Crippen molar-refractivity contribution in [2.24, 2.45) is 0 Å². The van der Waals surface area contributed by atoms with E-state index in [1.165, 1.54) is 5.56 Å². The largest absolute Gasteiger partial charge is 0.363 e. The molecule has 0 aliphatic rings. The van der Waals surface area contributed by atoms with Gasteiger partial charge in [0.05, 0.1) is 6.04 Å². The van der Waals surface area contributed by atoms with E-state index in [1.807, 2.05) is 49.6 Å². The molecule has 2 aromatic rings. The summed E-state index contributed by atoms with van der Waals surface area (Å²) < 4.78 is 0. The second kappa shape index (κ2) is 5.43. The number of pyridine rings is 2. The van der Waals surface area contributed by atoms with Gasteiger partial charge in [0.15, 0.2) is 0 Å². The Morgan fingerprint density at radius 2 is 1.94 bits per heavy atom. The minimum atomic E-state index is 0.285. The van der Waals surface area contributed by atoms with E-state index < -0.39 is 0 Å². The fourth-order valence-electron chi connectivity index (χ4n) is 1.82. The second-order valence-electron chi connectivity index (χ2n) is 4.05. The Hall–Kier alpha value is -1.90. The molecular weight excluding hydrogens is 210 g/mol. The Morgan fingerprint density at radius 3 is 2.59 bits per heavy atom. The molecule has 1 atom stereocenters. The quantitative estimate of drug-likeness (QED) is 0.870. The van der Waals surface area contributed by atoms with Gasteiger partial charge in [0.1, 0.15) is 5.82 Å². The Kier molecular flexibility index (Phi) is 3.70. The van der Waals surface area contributed by atoms with Crippen molar-refractivity contribution >= 4 is 5.82 Å². The lowest BCUT2D eigenvalue weighted by atomic mass is 10.1. The summed E-state index contributed by atoms with van der Waals surface area (Å²) in [6, 6.07) is 10.4. The number of aromatic nitrogens is 2. The molecule has 0 saturated carbocycles. The number of anilines is 1. The summed E-state index contributed by atoms with van der Waals surface area (Å²) in [5.41, 5.74) is 2.27. The van der Waals surface area contributed by atoms with Crippen molar-refractivity contribution in [2.45, 2.75) is 26.3 Å². The van der Waals surface area contributed by atoms with Crippen LogP contribution in [0.2, 0.25) is 0 Å². The highest BCUT2D eigenvalue weighted by Crippen LogP contribution is 2.20. The van der Waals surface area contributed by atoms with Crippen LogP contribution in [-0.2, 0) is 0 Å². The molecule has 1 N–H and O–H groups in total. The zero-order valence-electron chi connectivity index (χ0n) is 10.2. The Bertz CT molecular complexity index is 468. The van der Waals surface area contributed by atoms with Gasteiger partial charge in [-0.1, -0.05) is 13.0 Å². The summed E-state index contributed by atoms with van der Waals surface area (Å²) in [7, 11) is 0. The van der Waals surface area contributed by atoms with Crippen molar-refractivity contribution in [3.8, 4) is 0 Å². The molecule has 0 aliphatic carbocycles. The van der Waals surface area contributed by atoms with Crippen LogP contribution in [0.15, 0.2) is 42.7 Å². The smallest absolute Gasteiger partial charge is 0.126 e. The van der Waals surface area contributed by atoms with Crippen molar-refractivity contribution in [2.75, 3.05) is 5.32 Å². The van der Waals surface area contributed by atoms with E-state index in [1.54, 1.807) is 0 Å². The van der Waals surface area contributed by atoms with E-state index >= 15 is 0 Å². The molecule has 0 aliphatic heterocycles. The molecule has 88 valence electrons. The van der Waals surface area contributed by atoms with Gasteiger partial charge in [-0.3, -0.25) is 4.98 Å². The summed E-state index contributed by atoms with van der Waals surface area (Å²) in [6.07, 6.45) is 4.66. The third-order valence-corrected chi connectivity index (χ3v) is 2.73. The first-order valence-electron chi connectivity index (χ1n) is 5.89. The van der Waals surface area contributed by atoms with Crippen LogP contribution in [-0.4, -0.2) is 9.97 Å². The van der Waals surface area contributed by atoms with Crippen LogP contribution in [0.3, 0.4) is 0 Å². The number of rotatable bonds is 4. The number of hydrogen-bond acceptors (Lipinski definition) is 3. The van der Waals surface area contributed by atoms with E-state index in [-0.39, 0.29) is 6.04 Å². The summed E-state index contributed by atoms with van der Waals surface area (Å²) in [5.74, 6) is 0.925. The van der Waals surface area contributed by atoms with Crippen LogP contribution >= 0.6 is 0 Å². The molecule has 0 fully saturated rings. The third kappa shape index (κ3) is 3.03. The summed E-state index contributed by atoms with van der Waals surface area (Å²) in [6.45, 7) is 4.16. The predicted molar refractivity (Wildman–Crippen MR) is 69.9 cm³/mol. The fraction of sp³-hybridized carbons (Fsp3) is 0.286. The molecule has 2 rings (SSSR count). The summed E-state index contributed by atoms with van der Waals surface area (Å²) >= 11 is 0. The van der Waals surface area contributed by atoms with E-state index in [4.69, 9.17) is 0 Å². The Morgan fingerprint density at radius 1 is 1.18 bits per heavy atom. The Labute approximate surface area is 102 Å². The molecule has 0 radical (unpaired) electrons. The first-order valence-corrected chi connectivity index (χ1v) is 5.89. The predicted octanol–water partition coefficient (Wildman–Crippen LogP) is 3.35. The zero-order valence-corrected chi connectivity index (χ0v) is 10.2. The lowest BCUT2D eigenvalue weighted by Gasteiger charge is -2.18. The molecule has 0 aromatic carbocycles. The molecule has 3 nitrogen and oxygen atoms in total. The molecule has 2 heterocycles. The average Bonchev–Trinajstić information content (AvgIpc) is 2.37. The molecule has 0 bridgehead atoms. The molecule has 3 heteroatoms. The first kappa shape index (κ1) is 11.6. The highest BCUT2D eigenvalue weighted by Gasteiger charge is 2.08. The normalized spacial score (nSPS) is 12.1. The first-order chi connectivity index (χ1) is 8.29. The standard InChI is InChI=1S/C14H17N3/c1-3-13(12-7-9-15-10-8-12)17-14-6-4-5-11(2)16-14/h4-10,13H,3H2,1-2H3,(H,16,17). The highest BCUT2D eigenvalue weighted by molar-refractivity contribution is 5.38. The molecular formula is C14H17N3. The second-order valence-corrected chi connectivity index (χ2v) is 4.05. The van der Waals surface area contributed by atoms with Crippen molar-refractivity contribution < 1.29 is 0 Å². The van der Waals surface area contributed by atoms with Gasteiger partial charge in [-0.2, -0.15) is 0 Å². The topological polar surface area (TPSA) is 37.8 Å². The maximum atomic E-state index is 4.46. The van der Waals surface area contributed by atoms with Gasteiger partial charge in [-0.05, 0) is 43.2 Å². The van der Waals surface area contributed by atoms with Crippen molar-refractivity contribution in [3.05, 3.63) is 54.0 Å². The van der Waals surface area contributed by atoms with E-state index in [0.29, 0.717) is 0 Å². The van der Waals surface area contributed by atoms with Gasteiger partial charge in [-0.15, -0.1) is 0 Å². The summed E-state index contributed by atoms with van der Waals surface area (Å²) in [4.78, 5) is 8.50. The maximum absolute atomic E-state index is 4.46. The van der Waals surface area contributed by atoms with Crippen LogP contribution in [0.4, 0.5) is 5.82 Å². The minimum Gasteiger partial charge on any atom is -0.363 e. The molecule has 2 aromatic heterocycles. The molecule has 0 spiro atoms. The van der Waals surface area contributed by atoms with E-state index in [0.717, 1.165) is 17.9 Å². The number of nitrogens with zero attached hydrogens (tertiary/aromatic N) is 2. The maximum Gasteiger partial charge on any atom is 0.126 e. The zero-order chi connectivity index (χ0) is 12.1. The van der Waals surface area contributed by atoms with Crippen molar-refractivity contribution in [3.63, 3.8) is 0 Å². The summed E-state index contributed by atoms with van der Waals surface area (Å²) in [5, 5.41) is 3.45. The van der Waals surface area contributed by atoms with Gasteiger partial charge >= 0.3 is 0 Å². The van der Waals surface area contributed by atoms with Crippen LogP contribution < -0.4 is 5.32 Å². The SMILES string of the molecule is CCC(Nc1cccc(C)n1)c1ccncc1. The molecule has 1 unspecified atom stereocenters.